The molecule has 1 aliphatic rings. The summed E-state index contributed by atoms with van der Waals surface area (Å²) in [5.74, 6) is 0. The van der Waals surface area contributed by atoms with Crippen LogP contribution in [0.15, 0.2) is 43.0 Å². The van der Waals surface area contributed by atoms with Gasteiger partial charge >= 0.3 is 0 Å². The standard InChI is InChI=1S/C18H28N2O4/c1-3-10-23-18-15(19)17(22)16(21)14(24-18)12-20(4-2)11-13-8-6-5-7-9-13/h3,5-9,14-18,21-22H,1,4,10-12,19H2,2H3/t14-,15-,16-,17-,18+/m1/s1. The molecule has 2 rings (SSSR count). The third-order valence-corrected chi connectivity index (χ3v) is 4.26. The second-order valence-corrected chi connectivity index (χ2v) is 6.04. The van der Waals surface area contributed by atoms with E-state index in [9.17, 15) is 10.2 Å². The number of hydrogen-bond donors (Lipinski definition) is 3. The van der Waals surface area contributed by atoms with Crippen LogP contribution in [0, 0.1) is 0 Å². The molecule has 0 radical (unpaired) electrons. The van der Waals surface area contributed by atoms with E-state index in [1.807, 2.05) is 25.1 Å². The maximum Gasteiger partial charge on any atom is 0.176 e. The summed E-state index contributed by atoms with van der Waals surface area (Å²) in [6.07, 6.45) is -1.88. The third kappa shape index (κ3) is 4.86. The van der Waals surface area contributed by atoms with Crippen LogP contribution in [-0.4, -0.2) is 65.5 Å². The average molecular weight is 336 g/mol. The summed E-state index contributed by atoms with van der Waals surface area (Å²) in [5.41, 5.74) is 7.08. The Hall–Kier alpha value is -1.28. The van der Waals surface area contributed by atoms with Crippen molar-refractivity contribution in [2.24, 2.45) is 5.73 Å². The topological polar surface area (TPSA) is 88.2 Å². The number of nitrogens with two attached hydrogens (primary N) is 1. The molecule has 1 aromatic carbocycles. The number of likely N-dealkylation sites (N-methyl/N-ethyl adjacent to an activating group) is 1. The molecule has 134 valence electrons. The van der Waals surface area contributed by atoms with Crippen LogP contribution in [0.1, 0.15) is 12.5 Å². The lowest BCUT2D eigenvalue weighted by Crippen LogP contribution is -2.63. The fourth-order valence-electron chi connectivity index (χ4n) is 2.82. The van der Waals surface area contributed by atoms with E-state index in [0.29, 0.717) is 6.54 Å². The third-order valence-electron chi connectivity index (χ3n) is 4.26. The minimum Gasteiger partial charge on any atom is -0.388 e. The molecule has 1 heterocycles. The van der Waals surface area contributed by atoms with Crippen LogP contribution in [0.2, 0.25) is 0 Å². The number of aliphatic hydroxyl groups excluding tert-OH is 2. The van der Waals surface area contributed by atoms with Crippen molar-refractivity contribution < 1.29 is 19.7 Å². The number of hydrogen-bond acceptors (Lipinski definition) is 6. The van der Waals surface area contributed by atoms with Gasteiger partial charge in [-0.25, -0.2) is 0 Å². The highest BCUT2D eigenvalue weighted by Crippen LogP contribution is 2.22. The van der Waals surface area contributed by atoms with Gasteiger partial charge in [0.15, 0.2) is 6.29 Å². The molecule has 0 aromatic heterocycles. The Morgan fingerprint density at radius 1 is 1.29 bits per heavy atom. The lowest BCUT2D eigenvalue weighted by atomic mass is 9.97. The summed E-state index contributed by atoms with van der Waals surface area (Å²) in [6, 6.07) is 9.30. The molecule has 6 heteroatoms. The predicted octanol–water partition coefficient (Wildman–Crippen LogP) is 0.485. The number of aliphatic hydroxyl groups is 2. The molecule has 0 amide bonds. The van der Waals surface area contributed by atoms with E-state index in [1.54, 1.807) is 6.08 Å². The van der Waals surface area contributed by atoms with Crippen molar-refractivity contribution >= 4 is 0 Å². The minimum atomic E-state index is -1.09. The van der Waals surface area contributed by atoms with Crippen molar-refractivity contribution in [3.05, 3.63) is 48.6 Å². The van der Waals surface area contributed by atoms with Gasteiger partial charge in [-0.3, -0.25) is 4.90 Å². The molecule has 5 atom stereocenters. The maximum absolute atomic E-state index is 10.3. The summed E-state index contributed by atoms with van der Waals surface area (Å²) >= 11 is 0. The van der Waals surface area contributed by atoms with Gasteiger partial charge in [0.25, 0.3) is 0 Å². The van der Waals surface area contributed by atoms with E-state index >= 15 is 0 Å². The monoisotopic (exact) mass is 336 g/mol. The summed E-state index contributed by atoms with van der Waals surface area (Å²) in [7, 11) is 0. The van der Waals surface area contributed by atoms with E-state index < -0.39 is 30.6 Å². The van der Waals surface area contributed by atoms with Crippen molar-refractivity contribution in [3.63, 3.8) is 0 Å². The Morgan fingerprint density at radius 2 is 2.00 bits per heavy atom. The van der Waals surface area contributed by atoms with E-state index in [4.69, 9.17) is 15.2 Å². The number of rotatable bonds is 8. The first-order valence-corrected chi connectivity index (χ1v) is 8.32. The molecule has 0 bridgehead atoms. The van der Waals surface area contributed by atoms with Gasteiger partial charge in [-0.05, 0) is 12.1 Å². The highest BCUT2D eigenvalue weighted by molar-refractivity contribution is 5.14. The Balaban J connectivity index is 2.00. The molecule has 24 heavy (non-hydrogen) atoms. The molecule has 0 saturated carbocycles. The van der Waals surface area contributed by atoms with Gasteiger partial charge in [-0.15, -0.1) is 6.58 Å². The van der Waals surface area contributed by atoms with E-state index in [2.05, 4.69) is 23.6 Å². The lowest BCUT2D eigenvalue weighted by molar-refractivity contribution is -0.259. The van der Waals surface area contributed by atoms with Gasteiger partial charge in [0.05, 0.1) is 12.6 Å². The zero-order chi connectivity index (χ0) is 17.5. The molecule has 1 fully saturated rings. The lowest BCUT2D eigenvalue weighted by Gasteiger charge is -2.42. The smallest absolute Gasteiger partial charge is 0.176 e. The minimum absolute atomic E-state index is 0.273. The van der Waals surface area contributed by atoms with Crippen LogP contribution >= 0.6 is 0 Å². The van der Waals surface area contributed by atoms with Crippen molar-refractivity contribution in [2.75, 3.05) is 19.7 Å². The van der Waals surface area contributed by atoms with E-state index in [0.717, 1.165) is 13.1 Å². The molecular formula is C18H28N2O4. The number of ether oxygens (including phenoxy) is 2. The van der Waals surface area contributed by atoms with Gasteiger partial charge in [0.2, 0.25) is 0 Å². The average Bonchev–Trinajstić information content (AvgIpc) is 2.61. The summed E-state index contributed by atoms with van der Waals surface area (Å²) < 4.78 is 11.3. The van der Waals surface area contributed by atoms with E-state index in [-0.39, 0.29) is 6.61 Å². The highest BCUT2D eigenvalue weighted by Gasteiger charge is 2.43. The Bertz CT molecular complexity index is 499. The number of nitrogens with zero attached hydrogens (tertiary/aromatic N) is 1. The van der Waals surface area contributed by atoms with Crippen LogP contribution in [-0.2, 0) is 16.0 Å². The first kappa shape index (κ1) is 19.1. The second-order valence-electron chi connectivity index (χ2n) is 6.04. The summed E-state index contributed by atoms with van der Waals surface area (Å²) in [5, 5.41) is 20.5. The molecule has 0 aliphatic carbocycles. The zero-order valence-corrected chi connectivity index (χ0v) is 14.1. The second kappa shape index (κ2) is 9.27. The van der Waals surface area contributed by atoms with E-state index in [1.165, 1.54) is 5.56 Å². The van der Waals surface area contributed by atoms with Crippen LogP contribution < -0.4 is 5.73 Å². The van der Waals surface area contributed by atoms with Crippen LogP contribution in [0.3, 0.4) is 0 Å². The molecule has 1 saturated heterocycles. The first-order valence-electron chi connectivity index (χ1n) is 8.32. The van der Waals surface area contributed by atoms with Gasteiger partial charge in [0.1, 0.15) is 18.3 Å². The van der Waals surface area contributed by atoms with Crippen molar-refractivity contribution in [2.45, 2.75) is 44.1 Å². The predicted molar refractivity (Wildman–Crippen MR) is 92.2 cm³/mol. The molecule has 4 N–H and O–H groups in total. The first-order chi connectivity index (χ1) is 11.6. The molecule has 1 aliphatic heterocycles. The quantitative estimate of drug-likeness (QED) is 0.599. The number of benzene rings is 1. The van der Waals surface area contributed by atoms with Gasteiger partial charge in [0, 0.05) is 13.1 Å². The maximum atomic E-state index is 10.3. The molecular weight excluding hydrogens is 308 g/mol. The van der Waals surface area contributed by atoms with Crippen molar-refractivity contribution in [1.82, 2.24) is 4.90 Å². The Morgan fingerprint density at radius 3 is 2.62 bits per heavy atom. The fraction of sp³-hybridized carbons (Fsp3) is 0.556. The van der Waals surface area contributed by atoms with Crippen LogP contribution in [0.4, 0.5) is 0 Å². The van der Waals surface area contributed by atoms with Crippen molar-refractivity contribution in [3.8, 4) is 0 Å². The largest absolute Gasteiger partial charge is 0.388 e. The van der Waals surface area contributed by atoms with Gasteiger partial charge in [-0.1, -0.05) is 43.3 Å². The molecule has 0 spiro atoms. The van der Waals surface area contributed by atoms with Gasteiger partial charge in [-0.2, -0.15) is 0 Å². The SMILES string of the molecule is C=CCO[C@H]1O[C@H](CN(CC)Cc2ccccc2)[C@@H](O)[C@H](O)[C@H]1N. The highest BCUT2D eigenvalue weighted by atomic mass is 16.7. The van der Waals surface area contributed by atoms with Crippen molar-refractivity contribution in [1.29, 1.82) is 0 Å². The zero-order valence-electron chi connectivity index (χ0n) is 14.1. The Kier molecular flexibility index (Phi) is 7.36. The van der Waals surface area contributed by atoms with Crippen LogP contribution in [0.5, 0.6) is 0 Å². The molecule has 6 nitrogen and oxygen atoms in total. The summed E-state index contributed by atoms with van der Waals surface area (Å²) in [4.78, 5) is 2.15. The summed E-state index contributed by atoms with van der Waals surface area (Å²) in [6.45, 7) is 7.92. The van der Waals surface area contributed by atoms with Crippen LogP contribution in [0.25, 0.3) is 0 Å². The Labute approximate surface area is 143 Å². The fourth-order valence-corrected chi connectivity index (χ4v) is 2.82. The molecule has 1 aromatic rings. The van der Waals surface area contributed by atoms with Gasteiger partial charge < -0.3 is 25.4 Å². The molecule has 0 unspecified atom stereocenters. The normalized spacial score (nSPS) is 30.5.